The van der Waals surface area contributed by atoms with Crippen molar-refractivity contribution in [3.8, 4) is 11.5 Å². The van der Waals surface area contributed by atoms with E-state index in [4.69, 9.17) is 19.3 Å². The van der Waals surface area contributed by atoms with Gasteiger partial charge in [-0.2, -0.15) is 8.78 Å². The van der Waals surface area contributed by atoms with Crippen LogP contribution in [0.4, 0.5) is 19.0 Å². The number of rotatable bonds is 10. The van der Waals surface area contributed by atoms with E-state index in [1.54, 1.807) is 33.1 Å². The van der Waals surface area contributed by atoms with Crippen molar-refractivity contribution >= 4 is 16.7 Å². The Morgan fingerprint density at radius 1 is 1.11 bits per heavy atom. The molecule has 0 amide bonds. The molecule has 1 aromatic heterocycles. The highest BCUT2D eigenvalue weighted by atomic mass is 19.3. The van der Waals surface area contributed by atoms with Gasteiger partial charge >= 0.3 is 0 Å². The summed E-state index contributed by atoms with van der Waals surface area (Å²) in [5.41, 5.74) is -0.843. The topological polar surface area (TPSA) is 85.7 Å². The third-order valence-electron chi connectivity index (χ3n) is 5.66. The average Bonchev–Trinajstić information content (AvgIpc) is 2.82. The molecule has 0 aliphatic heterocycles. The SMILES string of the molecule is COc1cc2nc(C)nc(N[C@H](C)c3cccc(C(F)(F)CO)c3F)c2cc1OCC(C)(C)OC. The van der Waals surface area contributed by atoms with Gasteiger partial charge in [0.05, 0.1) is 29.8 Å². The molecule has 2 N–H and O–H groups in total. The number of aliphatic hydroxyl groups is 1. The molecule has 7 nitrogen and oxygen atoms in total. The lowest BCUT2D eigenvalue weighted by molar-refractivity contribution is -0.0583. The molecular weight excluding hydrogens is 463 g/mol. The van der Waals surface area contributed by atoms with Gasteiger partial charge in [0.25, 0.3) is 5.92 Å². The first-order valence-electron chi connectivity index (χ1n) is 11.0. The number of halogens is 3. The second kappa shape index (κ2) is 10.2. The van der Waals surface area contributed by atoms with Gasteiger partial charge in [0.15, 0.2) is 11.5 Å². The van der Waals surface area contributed by atoms with Crippen LogP contribution in [-0.4, -0.2) is 48.1 Å². The molecule has 2 aromatic carbocycles. The monoisotopic (exact) mass is 493 g/mol. The quantitative estimate of drug-likeness (QED) is 0.404. The van der Waals surface area contributed by atoms with Gasteiger partial charge in [0, 0.05) is 24.1 Å². The molecule has 3 rings (SSSR count). The van der Waals surface area contributed by atoms with E-state index in [-0.39, 0.29) is 12.2 Å². The zero-order valence-electron chi connectivity index (χ0n) is 20.6. The maximum atomic E-state index is 15.0. The van der Waals surface area contributed by atoms with Crippen LogP contribution in [0.5, 0.6) is 11.5 Å². The van der Waals surface area contributed by atoms with Crippen LogP contribution in [-0.2, 0) is 10.7 Å². The molecule has 0 bridgehead atoms. The van der Waals surface area contributed by atoms with Crippen LogP contribution < -0.4 is 14.8 Å². The number of hydrogen-bond acceptors (Lipinski definition) is 7. The molecular formula is C25H30F3N3O4. The molecule has 10 heteroatoms. The van der Waals surface area contributed by atoms with Gasteiger partial charge in [0.1, 0.15) is 30.7 Å². The van der Waals surface area contributed by atoms with Crippen molar-refractivity contribution in [1.82, 2.24) is 9.97 Å². The highest BCUT2D eigenvalue weighted by Gasteiger charge is 2.35. The van der Waals surface area contributed by atoms with E-state index in [0.29, 0.717) is 34.0 Å². The summed E-state index contributed by atoms with van der Waals surface area (Å²) < 4.78 is 59.8. The first-order valence-corrected chi connectivity index (χ1v) is 11.0. The second-order valence-corrected chi connectivity index (χ2v) is 8.83. The zero-order valence-corrected chi connectivity index (χ0v) is 20.6. The lowest BCUT2D eigenvalue weighted by Gasteiger charge is -2.24. The van der Waals surface area contributed by atoms with Gasteiger partial charge in [-0.1, -0.05) is 12.1 Å². The molecule has 3 aromatic rings. The number of benzene rings is 2. The van der Waals surface area contributed by atoms with Crippen molar-refractivity contribution in [3.63, 3.8) is 0 Å². The number of aliphatic hydroxyl groups excluding tert-OH is 1. The largest absolute Gasteiger partial charge is 0.493 e. The number of aromatic nitrogens is 2. The van der Waals surface area contributed by atoms with Crippen LogP contribution in [0, 0.1) is 12.7 Å². The van der Waals surface area contributed by atoms with Gasteiger partial charge < -0.3 is 24.6 Å². The van der Waals surface area contributed by atoms with Crippen LogP contribution in [0.25, 0.3) is 10.9 Å². The summed E-state index contributed by atoms with van der Waals surface area (Å²) in [7, 11) is 3.11. The summed E-state index contributed by atoms with van der Waals surface area (Å²) in [6, 6.07) is 6.38. The Morgan fingerprint density at radius 2 is 1.83 bits per heavy atom. The van der Waals surface area contributed by atoms with Crippen molar-refractivity contribution < 1.29 is 32.5 Å². The summed E-state index contributed by atoms with van der Waals surface area (Å²) in [6.07, 6.45) is 0. The van der Waals surface area contributed by atoms with Crippen LogP contribution in [0.3, 0.4) is 0 Å². The van der Waals surface area contributed by atoms with Crippen molar-refractivity contribution in [1.29, 1.82) is 0 Å². The first-order chi connectivity index (χ1) is 16.4. The smallest absolute Gasteiger partial charge is 0.298 e. The number of nitrogens with zero attached hydrogens (tertiary/aromatic N) is 2. The first kappa shape index (κ1) is 26.5. The van der Waals surface area contributed by atoms with Crippen LogP contribution in [0.2, 0.25) is 0 Å². The number of alkyl halides is 2. The summed E-state index contributed by atoms with van der Waals surface area (Å²) in [4.78, 5) is 8.91. The van der Waals surface area contributed by atoms with Crippen molar-refractivity contribution in [2.75, 3.05) is 32.8 Å². The predicted molar refractivity (Wildman–Crippen MR) is 127 cm³/mol. The van der Waals surface area contributed by atoms with Gasteiger partial charge in [-0.25, -0.2) is 14.4 Å². The van der Waals surface area contributed by atoms with Crippen molar-refractivity contribution in [2.45, 2.75) is 45.3 Å². The van der Waals surface area contributed by atoms with E-state index in [2.05, 4.69) is 15.3 Å². The van der Waals surface area contributed by atoms with E-state index in [0.717, 1.165) is 6.07 Å². The molecule has 0 aliphatic carbocycles. The number of ether oxygens (including phenoxy) is 3. The third kappa shape index (κ3) is 5.76. The number of fused-ring (bicyclic) bond motifs is 1. The lowest BCUT2D eigenvalue weighted by Crippen LogP contribution is -2.30. The molecule has 0 fully saturated rings. The number of anilines is 1. The Morgan fingerprint density at radius 3 is 2.46 bits per heavy atom. The maximum Gasteiger partial charge on any atom is 0.298 e. The highest BCUT2D eigenvalue weighted by Crippen LogP contribution is 2.37. The van der Waals surface area contributed by atoms with Crippen LogP contribution >= 0.6 is 0 Å². The zero-order chi connectivity index (χ0) is 26.0. The molecule has 0 saturated heterocycles. The van der Waals surface area contributed by atoms with E-state index >= 15 is 0 Å². The fraction of sp³-hybridized carbons (Fsp3) is 0.440. The van der Waals surface area contributed by atoms with Crippen molar-refractivity contribution in [2.24, 2.45) is 0 Å². The Hall–Kier alpha value is -3.11. The van der Waals surface area contributed by atoms with Gasteiger partial charge in [-0.15, -0.1) is 0 Å². The minimum atomic E-state index is -3.70. The van der Waals surface area contributed by atoms with Crippen LogP contribution in [0.15, 0.2) is 30.3 Å². The summed E-state index contributed by atoms with van der Waals surface area (Å²) in [6.45, 7) is 5.85. The predicted octanol–water partition coefficient (Wildman–Crippen LogP) is 5.15. The molecule has 0 saturated carbocycles. The van der Waals surface area contributed by atoms with E-state index in [1.165, 1.54) is 19.2 Å². The lowest BCUT2D eigenvalue weighted by atomic mass is 10.00. The van der Waals surface area contributed by atoms with Gasteiger partial charge in [-0.05, 0) is 39.8 Å². The third-order valence-corrected chi connectivity index (χ3v) is 5.66. The second-order valence-electron chi connectivity index (χ2n) is 8.83. The van der Waals surface area contributed by atoms with E-state index in [9.17, 15) is 13.2 Å². The molecule has 0 aliphatic rings. The minimum Gasteiger partial charge on any atom is -0.493 e. The summed E-state index contributed by atoms with van der Waals surface area (Å²) in [5.74, 6) is -3.07. The standard InChI is InChI=1S/C25H30F3N3O4/c1-14(16-8-7-9-18(22(16)26)25(27,28)12-32)29-23-17-10-21(35-13-24(3,4)34-6)20(33-5)11-19(17)30-15(2)31-23/h7-11,14,32H,12-13H2,1-6H3,(H,29,30,31)/t14-/m1/s1. The molecule has 1 atom stereocenters. The minimum absolute atomic E-state index is 0.00636. The van der Waals surface area contributed by atoms with Gasteiger partial charge in [-0.3, -0.25) is 0 Å². The average molecular weight is 494 g/mol. The molecule has 35 heavy (non-hydrogen) atoms. The molecule has 0 radical (unpaired) electrons. The number of hydrogen-bond donors (Lipinski definition) is 2. The Kier molecular flexibility index (Phi) is 7.76. The molecule has 190 valence electrons. The summed E-state index contributed by atoms with van der Waals surface area (Å²) >= 11 is 0. The molecule has 1 heterocycles. The number of aryl methyl sites for hydroxylation is 1. The fourth-order valence-corrected chi connectivity index (χ4v) is 3.48. The normalized spacial score (nSPS) is 13.1. The number of methoxy groups -OCH3 is 2. The van der Waals surface area contributed by atoms with Crippen LogP contribution in [0.1, 0.15) is 43.8 Å². The van der Waals surface area contributed by atoms with Crippen molar-refractivity contribution in [3.05, 3.63) is 53.1 Å². The van der Waals surface area contributed by atoms with Gasteiger partial charge in [0.2, 0.25) is 0 Å². The molecule has 0 unspecified atom stereocenters. The van der Waals surface area contributed by atoms with E-state index in [1.807, 2.05) is 13.8 Å². The maximum absolute atomic E-state index is 15.0. The highest BCUT2D eigenvalue weighted by molar-refractivity contribution is 5.92. The Bertz CT molecular complexity index is 1200. The molecule has 0 spiro atoms. The Labute approximate surface area is 202 Å². The summed E-state index contributed by atoms with van der Waals surface area (Å²) in [5, 5.41) is 12.7. The number of nitrogens with one attached hydrogen (secondary N) is 1. The Balaban J connectivity index is 2.03. The fourth-order valence-electron chi connectivity index (χ4n) is 3.48. The van der Waals surface area contributed by atoms with E-state index < -0.39 is 35.6 Å².